The van der Waals surface area contributed by atoms with Crippen LogP contribution in [0, 0.1) is 0 Å². The first kappa shape index (κ1) is 31.1. The maximum atomic E-state index is 2.49. The van der Waals surface area contributed by atoms with Crippen LogP contribution in [0.3, 0.4) is 0 Å². The van der Waals surface area contributed by atoms with Crippen molar-refractivity contribution in [2.75, 3.05) is 0 Å². The SMILES string of the molecule is CC1(C)c2ccccc2-c2cc3c4cc(-n5c6ccccc6c6ccccc65)ccc4n(-c4ccc(-c5ccc6c7c(cccc57)-c5ccccc5-6)cc4)c3cc21. The minimum atomic E-state index is -0.102. The van der Waals surface area contributed by atoms with Gasteiger partial charge in [0.1, 0.15) is 0 Å². The molecule has 266 valence electrons. The van der Waals surface area contributed by atoms with Crippen LogP contribution >= 0.6 is 0 Å². The normalized spacial score (nSPS) is 13.6. The lowest BCUT2D eigenvalue weighted by molar-refractivity contribution is 0.661. The maximum absolute atomic E-state index is 2.49. The molecule has 9 aromatic carbocycles. The van der Waals surface area contributed by atoms with Gasteiger partial charge in [-0.25, -0.2) is 0 Å². The van der Waals surface area contributed by atoms with Crippen LogP contribution in [0.5, 0.6) is 0 Å². The Kier molecular flexibility index (Phi) is 6.00. The Labute approximate surface area is 330 Å². The van der Waals surface area contributed by atoms with E-state index in [1.807, 2.05) is 0 Å². The predicted octanol–water partition coefficient (Wildman–Crippen LogP) is 14.7. The summed E-state index contributed by atoms with van der Waals surface area (Å²) < 4.78 is 4.93. The standard InChI is InChI=1S/C55H36N2/c1-55(2)48-19-8-5-14-39(48)45-31-47-46-30-35(57-50-20-9-6-15-40(50)41-16-7-10-21-51(41)57)26-29-52(46)56(53(47)32-49(45)55)34-24-22-33(23-25-34)36-27-28-44-38-13-4-3-12-37(38)43-18-11-17-42(36)54(43)44/h3-32H,1-2H3. The second kappa shape index (κ2) is 11.0. The van der Waals surface area contributed by atoms with E-state index in [1.165, 1.54) is 116 Å². The number of para-hydroxylation sites is 2. The first-order valence-corrected chi connectivity index (χ1v) is 20.0. The van der Waals surface area contributed by atoms with E-state index in [9.17, 15) is 0 Å². The third-order valence-corrected chi connectivity index (χ3v) is 13.3. The molecule has 0 N–H and O–H groups in total. The van der Waals surface area contributed by atoms with Gasteiger partial charge in [-0.1, -0.05) is 141 Å². The summed E-state index contributed by atoms with van der Waals surface area (Å²) >= 11 is 0. The fourth-order valence-electron chi connectivity index (χ4n) is 10.7. The zero-order valence-corrected chi connectivity index (χ0v) is 31.7. The quantitative estimate of drug-likeness (QED) is 0.172. The number of hydrogen-bond acceptors (Lipinski definition) is 0. The second-order valence-corrected chi connectivity index (χ2v) is 16.5. The van der Waals surface area contributed by atoms with Crippen LogP contribution in [0.25, 0.3) is 110 Å². The van der Waals surface area contributed by atoms with Gasteiger partial charge in [0.05, 0.1) is 22.1 Å². The van der Waals surface area contributed by atoms with Gasteiger partial charge in [0, 0.05) is 38.3 Å². The van der Waals surface area contributed by atoms with Gasteiger partial charge in [0.2, 0.25) is 0 Å². The molecule has 11 aromatic rings. The Morgan fingerprint density at radius 3 is 1.61 bits per heavy atom. The molecule has 2 aliphatic rings. The van der Waals surface area contributed by atoms with Crippen LogP contribution in [0.4, 0.5) is 0 Å². The average molecular weight is 725 g/mol. The molecule has 0 bridgehead atoms. The summed E-state index contributed by atoms with van der Waals surface area (Å²) in [4.78, 5) is 0. The molecule has 0 saturated carbocycles. The monoisotopic (exact) mass is 724 g/mol. The van der Waals surface area contributed by atoms with E-state index in [4.69, 9.17) is 0 Å². The van der Waals surface area contributed by atoms with Crippen molar-refractivity contribution < 1.29 is 0 Å². The van der Waals surface area contributed by atoms with Gasteiger partial charge >= 0.3 is 0 Å². The van der Waals surface area contributed by atoms with E-state index >= 15 is 0 Å². The fraction of sp³-hybridized carbons (Fsp3) is 0.0545. The maximum Gasteiger partial charge on any atom is 0.0544 e. The van der Waals surface area contributed by atoms with Crippen LogP contribution in [-0.2, 0) is 5.41 Å². The Morgan fingerprint density at radius 2 is 0.860 bits per heavy atom. The second-order valence-electron chi connectivity index (χ2n) is 16.5. The van der Waals surface area contributed by atoms with Crippen molar-refractivity contribution in [1.82, 2.24) is 9.13 Å². The van der Waals surface area contributed by atoms with E-state index in [-0.39, 0.29) is 5.41 Å². The minimum absolute atomic E-state index is 0.102. The molecule has 2 heterocycles. The largest absolute Gasteiger partial charge is 0.309 e. The van der Waals surface area contributed by atoms with Gasteiger partial charge < -0.3 is 9.13 Å². The highest BCUT2D eigenvalue weighted by Crippen LogP contribution is 2.52. The van der Waals surface area contributed by atoms with Crippen LogP contribution in [0.1, 0.15) is 25.0 Å². The van der Waals surface area contributed by atoms with Gasteiger partial charge in [-0.15, -0.1) is 0 Å². The number of rotatable bonds is 3. The van der Waals surface area contributed by atoms with Crippen molar-refractivity contribution in [1.29, 1.82) is 0 Å². The third kappa shape index (κ3) is 4.04. The Bertz CT molecular complexity index is 3450. The molecule has 2 aromatic heterocycles. The van der Waals surface area contributed by atoms with Gasteiger partial charge in [-0.2, -0.15) is 0 Å². The van der Waals surface area contributed by atoms with E-state index in [2.05, 4.69) is 205 Å². The topological polar surface area (TPSA) is 9.86 Å². The first-order chi connectivity index (χ1) is 28.0. The van der Waals surface area contributed by atoms with E-state index in [1.54, 1.807) is 0 Å². The highest BCUT2D eigenvalue weighted by molar-refractivity contribution is 6.19. The number of fused-ring (bicyclic) bond motifs is 12. The van der Waals surface area contributed by atoms with E-state index in [0.29, 0.717) is 0 Å². The van der Waals surface area contributed by atoms with Gasteiger partial charge in [-0.05, 0) is 121 Å². The molecule has 0 spiro atoms. The summed E-state index contributed by atoms with van der Waals surface area (Å²) in [6.45, 7) is 4.75. The molecule has 0 saturated heterocycles. The zero-order valence-electron chi connectivity index (χ0n) is 31.7. The lowest BCUT2D eigenvalue weighted by Gasteiger charge is -2.21. The summed E-state index contributed by atoms with van der Waals surface area (Å²) in [5.41, 5.74) is 20.4. The Balaban J connectivity index is 1.03. The molecule has 0 aliphatic heterocycles. The summed E-state index contributed by atoms with van der Waals surface area (Å²) in [5, 5.41) is 7.75. The molecule has 2 aliphatic carbocycles. The zero-order chi connectivity index (χ0) is 37.6. The molecule has 0 amide bonds. The van der Waals surface area contributed by atoms with Crippen LogP contribution in [0.2, 0.25) is 0 Å². The fourth-order valence-corrected chi connectivity index (χ4v) is 10.7. The lowest BCUT2D eigenvalue weighted by atomic mass is 9.82. The molecule has 0 unspecified atom stereocenters. The van der Waals surface area contributed by atoms with Crippen molar-refractivity contribution in [2.45, 2.75) is 19.3 Å². The average Bonchev–Trinajstić information content (AvgIpc) is 3.95. The van der Waals surface area contributed by atoms with Gasteiger partial charge in [0.25, 0.3) is 0 Å². The highest BCUT2D eigenvalue weighted by atomic mass is 15.0. The summed E-state index contributed by atoms with van der Waals surface area (Å²) in [6.07, 6.45) is 0. The van der Waals surface area contributed by atoms with Crippen LogP contribution in [0.15, 0.2) is 182 Å². The van der Waals surface area contributed by atoms with Crippen molar-refractivity contribution >= 4 is 54.4 Å². The summed E-state index contributed by atoms with van der Waals surface area (Å²) in [6, 6.07) is 68.1. The van der Waals surface area contributed by atoms with Crippen molar-refractivity contribution in [3.05, 3.63) is 193 Å². The smallest absolute Gasteiger partial charge is 0.0544 e. The third-order valence-electron chi connectivity index (χ3n) is 13.3. The van der Waals surface area contributed by atoms with Crippen molar-refractivity contribution in [3.8, 4) is 55.9 Å². The van der Waals surface area contributed by atoms with Crippen molar-refractivity contribution in [2.24, 2.45) is 0 Å². The van der Waals surface area contributed by atoms with Crippen LogP contribution in [-0.4, -0.2) is 9.13 Å². The molecular formula is C55H36N2. The molecule has 0 radical (unpaired) electrons. The molecule has 2 heteroatoms. The predicted molar refractivity (Wildman–Crippen MR) is 240 cm³/mol. The van der Waals surface area contributed by atoms with Gasteiger partial charge in [-0.3, -0.25) is 0 Å². The number of benzene rings is 9. The van der Waals surface area contributed by atoms with E-state index in [0.717, 1.165) is 5.69 Å². The number of hydrogen-bond donors (Lipinski definition) is 0. The van der Waals surface area contributed by atoms with Crippen LogP contribution < -0.4 is 0 Å². The molecule has 0 fully saturated rings. The molecule has 0 atom stereocenters. The number of nitrogens with zero attached hydrogens (tertiary/aromatic N) is 2. The molecule has 13 rings (SSSR count). The minimum Gasteiger partial charge on any atom is -0.309 e. The Morgan fingerprint density at radius 1 is 0.316 bits per heavy atom. The molecule has 2 nitrogen and oxygen atoms in total. The Hall–Kier alpha value is -7.16. The summed E-state index contributed by atoms with van der Waals surface area (Å²) in [5.74, 6) is 0. The van der Waals surface area contributed by atoms with Crippen molar-refractivity contribution in [3.63, 3.8) is 0 Å². The molecular weight excluding hydrogens is 689 g/mol. The van der Waals surface area contributed by atoms with E-state index < -0.39 is 0 Å². The summed E-state index contributed by atoms with van der Waals surface area (Å²) in [7, 11) is 0. The first-order valence-electron chi connectivity index (χ1n) is 20.0. The number of aromatic nitrogens is 2. The molecule has 57 heavy (non-hydrogen) atoms. The van der Waals surface area contributed by atoms with Gasteiger partial charge in [0.15, 0.2) is 0 Å². The lowest BCUT2D eigenvalue weighted by Crippen LogP contribution is -2.14. The highest BCUT2D eigenvalue weighted by Gasteiger charge is 2.36.